The summed E-state index contributed by atoms with van der Waals surface area (Å²) in [5.41, 5.74) is 8.94. The van der Waals surface area contributed by atoms with Gasteiger partial charge in [-0.25, -0.2) is 9.66 Å². The minimum Gasteiger partial charge on any atom is -0.267 e. The molecule has 0 unspecified atom stereocenters. The molecule has 5 aromatic rings. The molecule has 5 rings (SSSR count). The Morgan fingerprint density at radius 2 is 1.68 bits per heavy atom. The number of nitrogens with zero attached hydrogens (tertiary/aromatic N) is 4. The molecule has 2 heterocycles. The zero-order valence-corrected chi connectivity index (χ0v) is 17.1. The number of hydrogen-bond donors (Lipinski definition) is 1. The van der Waals surface area contributed by atoms with Crippen LogP contribution in [-0.4, -0.2) is 25.3 Å². The molecule has 0 radical (unpaired) electrons. The molecule has 1 amide bonds. The van der Waals surface area contributed by atoms with E-state index in [0.717, 1.165) is 27.7 Å². The first-order chi connectivity index (χ1) is 15.2. The van der Waals surface area contributed by atoms with E-state index in [0.29, 0.717) is 17.8 Å². The normalized spacial score (nSPS) is 11.0. The maximum absolute atomic E-state index is 13.3. The lowest BCUT2D eigenvalue weighted by Crippen LogP contribution is -2.22. The van der Waals surface area contributed by atoms with Gasteiger partial charge in [0.05, 0.1) is 23.1 Å². The number of carbonyl (C=O) groups is 1. The molecule has 152 valence electrons. The van der Waals surface area contributed by atoms with Crippen LogP contribution in [0.2, 0.25) is 0 Å². The Hall–Kier alpha value is -4.19. The minimum atomic E-state index is -0.238. The van der Waals surface area contributed by atoms with Gasteiger partial charge in [-0.1, -0.05) is 72.3 Å². The summed E-state index contributed by atoms with van der Waals surface area (Å²) in [4.78, 5) is 17.6. The monoisotopic (exact) mass is 407 g/mol. The van der Waals surface area contributed by atoms with Gasteiger partial charge in [-0.2, -0.15) is 5.10 Å². The van der Waals surface area contributed by atoms with E-state index in [2.05, 4.69) is 10.4 Å². The van der Waals surface area contributed by atoms with E-state index in [1.807, 2.05) is 90.5 Å². The Balaban J connectivity index is 1.52. The van der Waals surface area contributed by atoms with Crippen LogP contribution in [0, 0.1) is 6.92 Å². The van der Waals surface area contributed by atoms with Crippen LogP contribution in [0.4, 0.5) is 0 Å². The standard InChI is InChI=1S/C25H21N5O/c1-18-11-13-20(14-12-18)24-21(16-29(27-24)15-19-7-3-2-4-8-19)25(31)28-30-17-26-22-9-5-6-10-23(22)30/h2-14,16-17H,15H2,1H3,(H,28,31). The first-order valence-electron chi connectivity index (χ1n) is 10.1. The van der Waals surface area contributed by atoms with Gasteiger partial charge in [-0.05, 0) is 24.6 Å². The summed E-state index contributed by atoms with van der Waals surface area (Å²) in [5, 5.41) is 4.75. The zero-order valence-electron chi connectivity index (χ0n) is 17.1. The van der Waals surface area contributed by atoms with Crippen LogP contribution < -0.4 is 5.43 Å². The van der Waals surface area contributed by atoms with Gasteiger partial charge in [-0.15, -0.1) is 0 Å². The van der Waals surface area contributed by atoms with Crippen LogP contribution in [0.5, 0.6) is 0 Å². The van der Waals surface area contributed by atoms with E-state index in [4.69, 9.17) is 5.10 Å². The Morgan fingerprint density at radius 3 is 2.48 bits per heavy atom. The van der Waals surface area contributed by atoms with Crippen LogP contribution in [-0.2, 0) is 6.54 Å². The summed E-state index contributed by atoms with van der Waals surface area (Å²) in [7, 11) is 0. The van der Waals surface area contributed by atoms with Crippen LogP contribution in [0.3, 0.4) is 0 Å². The fourth-order valence-corrected chi connectivity index (χ4v) is 3.58. The molecule has 0 bridgehead atoms. The van der Waals surface area contributed by atoms with Crippen molar-refractivity contribution >= 4 is 16.9 Å². The Kier molecular flexibility index (Phi) is 4.80. The molecule has 0 aliphatic heterocycles. The molecule has 0 atom stereocenters. The molecule has 0 aliphatic rings. The molecule has 0 aliphatic carbocycles. The molecule has 6 heteroatoms. The number of nitrogens with one attached hydrogen (secondary N) is 1. The Labute approximate surface area is 179 Å². The van der Waals surface area contributed by atoms with Crippen molar-refractivity contribution in [3.63, 3.8) is 0 Å². The summed E-state index contributed by atoms with van der Waals surface area (Å²) in [6.45, 7) is 2.62. The minimum absolute atomic E-state index is 0.238. The number of hydrogen-bond acceptors (Lipinski definition) is 3. The highest BCUT2D eigenvalue weighted by molar-refractivity contribution is 6.05. The van der Waals surface area contributed by atoms with Crippen LogP contribution in [0.15, 0.2) is 91.4 Å². The number of aryl methyl sites for hydroxylation is 1. The molecule has 6 nitrogen and oxygen atoms in total. The fraction of sp³-hybridized carbons (Fsp3) is 0.0800. The number of carbonyl (C=O) groups excluding carboxylic acids is 1. The third kappa shape index (κ3) is 3.83. The topological polar surface area (TPSA) is 64.7 Å². The van der Waals surface area contributed by atoms with Crippen molar-refractivity contribution in [2.75, 3.05) is 5.43 Å². The maximum atomic E-state index is 13.3. The second-order valence-electron chi connectivity index (χ2n) is 7.48. The van der Waals surface area contributed by atoms with Gasteiger partial charge in [0.1, 0.15) is 12.0 Å². The van der Waals surface area contributed by atoms with Gasteiger partial charge >= 0.3 is 0 Å². The largest absolute Gasteiger partial charge is 0.273 e. The van der Waals surface area contributed by atoms with E-state index < -0.39 is 0 Å². The molecule has 0 fully saturated rings. The van der Waals surface area contributed by atoms with Gasteiger partial charge in [0.2, 0.25) is 0 Å². The lowest BCUT2D eigenvalue weighted by Gasteiger charge is -2.07. The third-order valence-electron chi connectivity index (χ3n) is 5.19. The molecule has 2 aromatic heterocycles. The first-order valence-corrected chi connectivity index (χ1v) is 10.1. The average molecular weight is 407 g/mol. The Morgan fingerprint density at radius 1 is 0.935 bits per heavy atom. The molecule has 0 saturated carbocycles. The lowest BCUT2D eigenvalue weighted by atomic mass is 10.1. The van der Waals surface area contributed by atoms with E-state index >= 15 is 0 Å². The van der Waals surface area contributed by atoms with Crippen molar-refractivity contribution in [1.82, 2.24) is 19.4 Å². The Bertz CT molecular complexity index is 1350. The van der Waals surface area contributed by atoms with E-state index in [9.17, 15) is 4.79 Å². The number of benzene rings is 3. The summed E-state index contributed by atoms with van der Waals surface area (Å²) in [5.74, 6) is -0.238. The SMILES string of the molecule is Cc1ccc(-c2nn(Cc3ccccc3)cc2C(=O)Nn2cnc3ccccc32)cc1. The van der Waals surface area contributed by atoms with Gasteiger partial charge in [0.15, 0.2) is 0 Å². The van der Waals surface area contributed by atoms with E-state index in [1.54, 1.807) is 17.2 Å². The number of rotatable bonds is 5. The van der Waals surface area contributed by atoms with Crippen molar-refractivity contribution in [3.8, 4) is 11.3 Å². The number of imidazole rings is 1. The van der Waals surface area contributed by atoms with Gasteiger partial charge in [-0.3, -0.25) is 14.9 Å². The van der Waals surface area contributed by atoms with Gasteiger partial charge in [0.25, 0.3) is 5.91 Å². The number of para-hydroxylation sites is 2. The second-order valence-corrected chi connectivity index (χ2v) is 7.48. The van der Waals surface area contributed by atoms with E-state index in [-0.39, 0.29) is 5.91 Å². The molecular formula is C25H21N5O. The maximum Gasteiger partial charge on any atom is 0.273 e. The molecule has 31 heavy (non-hydrogen) atoms. The quantitative estimate of drug-likeness (QED) is 0.462. The number of amides is 1. The first kappa shape index (κ1) is 18.8. The second kappa shape index (κ2) is 7.91. The van der Waals surface area contributed by atoms with Crippen LogP contribution >= 0.6 is 0 Å². The highest BCUT2D eigenvalue weighted by Gasteiger charge is 2.19. The van der Waals surface area contributed by atoms with Crippen molar-refractivity contribution in [2.45, 2.75) is 13.5 Å². The zero-order chi connectivity index (χ0) is 21.2. The van der Waals surface area contributed by atoms with Crippen molar-refractivity contribution in [1.29, 1.82) is 0 Å². The highest BCUT2D eigenvalue weighted by Crippen LogP contribution is 2.24. The third-order valence-corrected chi connectivity index (χ3v) is 5.19. The van der Waals surface area contributed by atoms with Crippen molar-refractivity contribution in [3.05, 3.63) is 108 Å². The summed E-state index contributed by atoms with van der Waals surface area (Å²) in [6.07, 6.45) is 3.42. The molecular weight excluding hydrogens is 386 g/mol. The summed E-state index contributed by atoms with van der Waals surface area (Å²) < 4.78 is 3.45. The van der Waals surface area contributed by atoms with Gasteiger partial charge < -0.3 is 0 Å². The highest BCUT2D eigenvalue weighted by atomic mass is 16.2. The molecule has 0 saturated heterocycles. The molecule has 1 N–H and O–H groups in total. The average Bonchev–Trinajstić information content (AvgIpc) is 3.40. The fourth-order valence-electron chi connectivity index (χ4n) is 3.58. The predicted octanol–water partition coefficient (Wildman–Crippen LogP) is 4.64. The van der Waals surface area contributed by atoms with Gasteiger partial charge in [0, 0.05) is 11.8 Å². The lowest BCUT2D eigenvalue weighted by molar-refractivity contribution is 0.101. The number of fused-ring (bicyclic) bond motifs is 1. The van der Waals surface area contributed by atoms with Crippen LogP contribution in [0.1, 0.15) is 21.5 Å². The smallest absolute Gasteiger partial charge is 0.267 e. The molecule has 0 spiro atoms. The van der Waals surface area contributed by atoms with Crippen molar-refractivity contribution in [2.24, 2.45) is 0 Å². The summed E-state index contributed by atoms with van der Waals surface area (Å²) >= 11 is 0. The van der Waals surface area contributed by atoms with Crippen molar-refractivity contribution < 1.29 is 4.79 Å². The van der Waals surface area contributed by atoms with E-state index in [1.165, 1.54) is 0 Å². The van der Waals surface area contributed by atoms with Crippen LogP contribution in [0.25, 0.3) is 22.3 Å². The molecule has 3 aromatic carbocycles. The summed E-state index contributed by atoms with van der Waals surface area (Å²) in [6, 6.07) is 25.8. The number of aromatic nitrogens is 4. The predicted molar refractivity (Wildman–Crippen MR) is 121 cm³/mol.